The van der Waals surface area contributed by atoms with Crippen molar-refractivity contribution in [1.29, 1.82) is 5.26 Å². The van der Waals surface area contributed by atoms with Crippen LogP contribution in [0.2, 0.25) is 0 Å². The van der Waals surface area contributed by atoms with Crippen molar-refractivity contribution in [3.05, 3.63) is 83.6 Å². The van der Waals surface area contributed by atoms with Crippen LogP contribution in [-0.4, -0.2) is 61.0 Å². The molecule has 0 aliphatic carbocycles. The Kier molecular flexibility index (Phi) is 8.41. The van der Waals surface area contributed by atoms with Crippen LogP contribution < -0.4 is 5.32 Å². The van der Waals surface area contributed by atoms with Gasteiger partial charge in [0, 0.05) is 32.4 Å². The van der Waals surface area contributed by atoms with E-state index in [0.29, 0.717) is 26.2 Å². The Hall–Kier alpha value is -3.63. The summed E-state index contributed by atoms with van der Waals surface area (Å²) in [6.45, 7) is 4.33. The van der Waals surface area contributed by atoms with Crippen molar-refractivity contribution < 1.29 is 14.3 Å². The molecule has 1 N–H and O–H groups in total. The van der Waals surface area contributed by atoms with Gasteiger partial charge in [-0.05, 0) is 18.1 Å². The van der Waals surface area contributed by atoms with Gasteiger partial charge in [0.25, 0.3) is 5.91 Å². The lowest BCUT2D eigenvalue weighted by Gasteiger charge is -2.39. The molecule has 2 aromatic carbocycles. The van der Waals surface area contributed by atoms with Crippen LogP contribution in [-0.2, 0) is 14.3 Å². The number of hydrogen-bond acceptors (Lipinski definition) is 6. The molecular weight excluding hydrogens is 404 g/mol. The van der Waals surface area contributed by atoms with E-state index in [9.17, 15) is 14.9 Å². The van der Waals surface area contributed by atoms with Gasteiger partial charge < -0.3 is 15.0 Å². The maximum Gasteiger partial charge on any atom is 0.325 e. The van der Waals surface area contributed by atoms with E-state index < -0.39 is 5.97 Å². The highest BCUT2D eigenvalue weighted by Crippen LogP contribution is 2.29. The Bertz CT molecular complexity index is 922. The van der Waals surface area contributed by atoms with Crippen LogP contribution in [0.3, 0.4) is 0 Å². The van der Waals surface area contributed by atoms with E-state index in [-0.39, 0.29) is 30.7 Å². The van der Waals surface area contributed by atoms with Crippen LogP contribution >= 0.6 is 0 Å². The summed E-state index contributed by atoms with van der Waals surface area (Å²) in [6.07, 6.45) is 1.29. The van der Waals surface area contributed by atoms with Crippen molar-refractivity contribution >= 4 is 11.9 Å². The van der Waals surface area contributed by atoms with E-state index in [1.165, 1.54) is 17.3 Å². The first-order valence-corrected chi connectivity index (χ1v) is 10.8. The normalized spacial score (nSPS) is 14.7. The van der Waals surface area contributed by atoms with Gasteiger partial charge in [-0.1, -0.05) is 60.7 Å². The second-order valence-corrected chi connectivity index (χ2v) is 7.41. The van der Waals surface area contributed by atoms with Crippen LogP contribution in [0.1, 0.15) is 24.1 Å². The Morgan fingerprint density at radius 1 is 1.03 bits per heavy atom. The number of esters is 1. The van der Waals surface area contributed by atoms with Crippen LogP contribution in [0.4, 0.5) is 0 Å². The zero-order valence-corrected chi connectivity index (χ0v) is 18.2. The van der Waals surface area contributed by atoms with Crippen molar-refractivity contribution in [3.63, 3.8) is 0 Å². The predicted octanol–water partition coefficient (Wildman–Crippen LogP) is 2.48. The van der Waals surface area contributed by atoms with Gasteiger partial charge in [0.15, 0.2) is 0 Å². The maximum absolute atomic E-state index is 12.8. The Balaban J connectivity index is 1.65. The molecule has 7 nitrogen and oxygen atoms in total. The molecule has 32 heavy (non-hydrogen) atoms. The van der Waals surface area contributed by atoms with Gasteiger partial charge in [0.05, 0.1) is 12.6 Å². The quantitative estimate of drug-likeness (QED) is 0.392. The predicted molar refractivity (Wildman–Crippen MR) is 121 cm³/mol. The minimum Gasteiger partial charge on any atom is -0.465 e. The molecule has 1 aliphatic heterocycles. The second kappa shape index (κ2) is 11.7. The van der Waals surface area contributed by atoms with Crippen LogP contribution in [0.25, 0.3) is 0 Å². The summed E-state index contributed by atoms with van der Waals surface area (Å²) < 4.78 is 4.83. The number of rotatable bonds is 8. The molecule has 0 saturated carbocycles. The van der Waals surface area contributed by atoms with E-state index in [1.807, 2.05) is 42.5 Å². The molecule has 1 aliphatic rings. The number of piperazine rings is 1. The summed E-state index contributed by atoms with van der Waals surface area (Å²) in [7, 11) is 0. The van der Waals surface area contributed by atoms with Gasteiger partial charge in [-0.25, -0.2) is 0 Å². The van der Waals surface area contributed by atoms with Gasteiger partial charge in [0.2, 0.25) is 0 Å². The summed E-state index contributed by atoms with van der Waals surface area (Å²) in [5.74, 6) is -0.769. The summed E-state index contributed by atoms with van der Waals surface area (Å²) in [4.78, 5) is 28.3. The van der Waals surface area contributed by atoms with E-state index in [1.54, 1.807) is 11.8 Å². The lowest BCUT2D eigenvalue weighted by Crippen LogP contribution is -2.50. The highest BCUT2D eigenvalue weighted by atomic mass is 16.5. The fourth-order valence-electron chi connectivity index (χ4n) is 3.83. The molecule has 7 heteroatoms. The molecule has 1 amide bonds. The molecule has 1 saturated heterocycles. The highest BCUT2D eigenvalue weighted by molar-refractivity contribution is 5.97. The molecule has 166 valence electrons. The number of nitrogens with one attached hydrogen (secondary N) is 1. The number of amides is 1. The fraction of sp³-hybridized carbons (Fsp3) is 0.320. The third kappa shape index (κ3) is 5.96. The number of ether oxygens (including phenoxy) is 1. The summed E-state index contributed by atoms with van der Waals surface area (Å²) in [5.41, 5.74) is 2.39. The summed E-state index contributed by atoms with van der Waals surface area (Å²) in [5, 5.41) is 12.1. The molecule has 1 heterocycles. The van der Waals surface area contributed by atoms with E-state index in [2.05, 4.69) is 34.5 Å². The smallest absolute Gasteiger partial charge is 0.325 e. The average Bonchev–Trinajstić information content (AvgIpc) is 2.84. The number of hydrogen-bond donors (Lipinski definition) is 1. The lowest BCUT2D eigenvalue weighted by molar-refractivity contribution is -0.141. The SMILES string of the molecule is CCOC(=O)CN/C=C(/C#N)C(=O)N1CCN(C(c2ccccc2)c2ccccc2)CC1. The standard InChI is InChI=1S/C25H28N4O3/c1-2-32-23(30)19-27-18-22(17-26)25(31)29-15-13-28(14-16-29)24(20-9-5-3-6-10-20)21-11-7-4-8-12-21/h3-12,18,24,27H,2,13-16,19H2,1H3/b22-18-. The molecule has 0 unspecified atom stereocenters. The molecule has 3 rings (SSSR count). The zero-order chi connectivity index (χ0) is 22.8. The zero-order valence-electron chi connectivity index (χ0n) is 18.2. The van der Waals surface area contributed by atoms with Crippen molar-refractivity contribution in [2.24, 2.45) is 0 Å². The second-order valence-electron chi connectivity index (χ2n) is 7.41. The van der Waals surface area contributed by atoms with Crippen molar-refractivity contribution in [2.45, 2.75) is 13.0 Å². The molecule has 1 fully saturated rings. The van der Waals surface area contributed by atoms with Crippen LogP contribution in [0.15, 0.2) is 72.4 Å². The minimum absolute atomic E-state index is 0.0228. The van der Waals surface area contributed by atoms with Crippen molar-refractivity contribution in [2.75, 3.05) is 39.3 Å². The third-order valence-electron chi connectivity index (χ3n) is 5.35. The summed E-state index contributed by atoms with van der Waals surface area (Å²) >= 11 is 0. The van der Waals surface area contributed by atoms with Crippen molar-refractivity contribution in [1.82, 2.24) is 15.1 Å². The van der Waals surface area contributed by atoms with E-state index in [4.69, 9.17) is 4.74 Å². The van der Waals surface area contributed by atoms with Gasteiger partial charge in [-0.2, -0.15) is 5.26 Å². The Morgan fingerprint density at radius 3 is 2.09 bits per heavy atom. The topological polar surface area (TPSA) is 85.7 Å². The highest BCUT2D eigenvalue weighted by Gasteiger charge is 2.29. The van der Waals surface area contributed by atoms with E-state index in [0.717, 1.165) is 0 Å². The molecule has 2 aromatic rings. The molecular formula is C25H28N4O3. The molecule has 0 aromatic heterocycles. The fourth-order valence-corrected chi connectivity index (χ4v) is 3.83. The van der Waals surface area contributed by atoms with Gasteiger partial charge >= 0.3 is 5.97 Å². The largest absolute Gasteiger partial charge is 0.465 e. The first-order valence-electron chi connectivity index (χ1n) is 10.8. The Morgan fingerprint density at radius 2 is 1.59 bits per heavy atom. The number of carbonyl (C=O) groups excluding carboxylic acids is 2. The molecule has 0 spiro atoms. The summed E-state index contributed by atoms with van der Waals surface area (Å²) in [6, 6.07) is 22.7. The van der Waals surface area contributed by atoms with Crippen LogP contribution in [0, 0.1) is 11.3 Å². The number of benzene rings is 2. The first kappa shape index (κ1) is 23.0. The van der Waals surface area contributed by atoms with Crippen molar-refractivity contribution in [3.8, 4) is 6.07 Å². The number of nitrogens with zero attached hydrogens (tertiary/aromatic N) is 3. The third-order valence-corrected chi connectivity index (χ3v) is 5.35. The molecule has 0 atom stereocenters. The monoisotopic (exact) mass is 432 g/mol. The number of carbonyl (C=O) groups is 2. The van der Waals surface area contributed by atoms with Gasteiger partial charge in [0.1, 0.15) is 18.2 Å². The average molecular weight is 433 g/mol. The molecule has 0 radical (unpaired) electrons. The van der Waals surface area contributed by atoms with Crippen LogP contribution in [0.5, 0.6) is 0 Å². The minimum atomic E-state index is -0.435. The number of nitriles is 1. The lowest BCUT2D eigenvalue weighted by atomic mass is 9.96. The Labute approximate surface area is 188 Å². The van der Waals surface area contributed by atoms with E-state index >= 15 is 0 Å². The maximum atomic E-state index is 12.8. The van der Waals surface area contributed by atoms with Gasteiger partial charge in [-0.15, -0.1) is 0 Å². The molecule has 0 bridgehead atoms. The van der Waals surface area contributed by atoms with Gasteiger partial charge in [-0.3, -0.25) is 14.5 Å². The first-order chi connectivity index (χ1) is 15.6.